The van der Waals surface area contributed by atoms with Crippen molar-refractivity contribution in [2.45, 2.75) is 65.1 Å². The number of hydrogen-bond donors (Lipinski definition) is 1. The van der Waals surface area contributed by atoms with Gasteiger partial charge < -0.3 is 19.5 Å². The molecule has 6 heteroatoms. The van der Waals surface area contributed by atoms with Crippen LogP contribution in [-0.4, -0.2) is 43.9 Å². The van der Waals surface area contributed by atoms with Crippen molar-refractivity contribution >= 4 is 24.8 Å². The summed E-state index contributed by atoms with van der Waals surface area (Å²) < 4.78 is 12.5. The van der Waals surface area contributed by atoms with Crippen LogP contribution in [0.25, 0.3) is 6.08 Å². The van der Waals surface area contributed by atoms with Crippen LogP contribution in [0.4, 0.5) is 5.69 Å². The number of hydrogen-bond acceptors (Lipinski definition) is 4. The van der Waals surface area contributed by atoms with E-state index in [1.165, 1.54) is 31.9 Å². The predicted molar refractivity (Wildman–Crippen MR) is 115 cm³/mol. The van der Waals surface area contributed by atoms with Gasteiger partial charge in [-0.05, 0) is 70.1 Å². The van der Waals surface area contributed by atoms with Crippen LogP contribution >= 0.6 is 0 Å². The quantitative estimate of drug-likeness (QED) is 0.784. The Kier molecular flexibility index (Phi) is 6.20. The van der Waals surface area contributed by atoms with Crippen LogP contribution in [0, 0.1) is 0 Å². The van der Waals surface area contributed by atoms with Gasteiger partial charge >= 0.3 is 7.12 Å². The van der Waals surface area contributed by atoms with Crippen LogP contribution in [-0.2, 0) is 14.1 Å². The van der Waals surface area contributed by atoms with Crippen LogP contribution in [0.2, 0.25) is 0 Å². The van der Waals surface area contributed by atoms with Crippen molar-refractivity contribution in [3.05, 3.63) is 35.3 Å². The summed E-state index contributed by atoms with van der Waals surface area (Å²) in [6, 6.07) is 8.57. The molecule has 2 aliphatic heterocycles. The Morgan fingerprint density at radius 3 is 2.39 bits per heavy atom. The Hall–Kier alpha value is -1.79. The van der Waals surface area contributed by atoms with Gasteiger partial charge in [-0.3, -0.25) is 4.79 Å². The van der Waals surface area contributed by atoms with Gasteiger partial charge in [0.15, 0.2) is 0 Å². The number of carbonyl (C=O) groups excluding carboxylic acids is 1. The minimum absolute atomic E-state index is 0.0653. The van der Waals surface area contributed by atoms with E-state index in [4.69, 9.17) is 9.31 Å². The largest absolute Gasteiger partial charge is 0.492 e. The number of nitrogens with zero attached hydrogens (tertiary/aromatic N) is 1. The number of nitrogens with one attached hydrogen (secondary N) is 1. The molecular weight excluding hydrogens is 351 g/mol. The standard InChI is InChI=1S/C22H33BN2O3/c1-17(26)24-16-19(23-27-21(2,3)22(4,5)28-23)14-18-10-9-11-20(15-18)25-12-7-6-8-13-25/h9-11,14-15H,6-8,12-13,16H2,1-5H3,(H,24,26). The summed E-state index contributed by atoms with van der Waals surface area (Å²) in [4.78, 5) is 14.0. The van der Waals surface area contributed by atoms with Crippen molar-refractivity contribution in [2.75, 3.05) is 24.5 Å². The molecule has 0 bridgehead atoms. The molecule has 2 aliphatic rings. The highest BCUT2D eigenvalue weighted by molar-refractivity contribution is 6.56. The molecule has 0 saturated carbocycles. The summed E-state index contributed by atoms with van der Waals surface area (Å²) in [5.74, 6) is -0.0653. The fourth-order valence-corrected chi connectivity index (χ4v) is 3.60. The lowest BCUT2D eigenvalue weighted by molar-refractivity contribution is -0.118. The summed E-state index contributed by atoms with van der Waals surface area (Å²) in [5.41, 5.74) is 2.44. The van der Waals surface area contributed by atoms with Gasteiger partial charge in [-0.25, -0.2) is 0 Å². The molecule has 0 radical (unpaired) electrons. The maximum Gasteiger partial charge on any atom is 0.492 e. The van der Waals surface area contributed by atoms with E-state index in [2.05, 4.69) is 40.6 Å². The van der Waals surface area contributed by atoms with Crippen molar-refractivity contribution in [3.8, 4) is 0 Å². The third-order valence-corrected chi connectivity index (χ3v) is 6.04. The van der Waals surface area contributed by atoms with Crippen molar-refractivity contribution in [1.29, 1.82) is 0 Å². The number of piperidine rings is 1. The fourth-order valence-electron chi connectivity index (χ4n) is 3.60. The first-order valence-corrected chi connectivity index (χ1v) is 10.3. The molecule has 3 rings (SSSR count). The van der Waals surface area contributed by atoms with Crippen LogP contribution < -0.4 is 10.2 Å². The molecule has 0 aliphatic carbocycles. The van der Waals surface area contributed by atoms with E-state index in [0.717, 1.165) is 24.1 Å². The maximum absolute atomic E-state index is 11.5. The molecule has 2 heterocycles. The Balaban J connectivity index is 1.86. The van der Waals surface area contributed by atoms with Gasteiger partial charge in [0.05, 0.1) is 11.2 Å². The monoisotopic (exact) mass is 384 g/mol. The smallest absolute Gasteiger partial charge is 0.400 e. The van der Waals surface area contributed by atoms with Crippen molar-refractivity contribution < 1.29 is 14.1 Å². The van der Waals surface area contributed by atoms with Crippen LogP contribution in [0.1, 0.15) is 59.4 Å². The number of amides is 1. The maximum atomic E-state index is 11.5. The highest BCUT2D eigenvalue weighted by Gasteiger charge is 2.52. The van der Waals surface area contributed by atoms with Crippen LogP contribution in [0.15, 0.2) is 29.7 Å². The molecule has 152 valence electrons. The molecule has 1 N–H and O–H groups in total. The fraction of sp³-hybridized carbons (Fsp3) is 0.591. The molecular formula is C22H33BN2O3. The zero-order valence-electron chi connectivity index (χ0n) is 17.9. The average molecular weight is 384 g/mol. The van der Waals surface area contributed by atoms with Crippen LogP contribution in [0.3, 0.4) is 0 Å². The molecule has 1 amide bonds. The molecule has 0 atom stereocenters. The Bertz CT molecular complexity index is 723. The molecule has 1 aromatic rings. The summed E-state index contributed by atoms with van der Waals surface area (Å²) in [5, 5.41) is 2.90. The Morgan fingerprint density at radius 2 is 1.79 bits per heavy atom. The molecule has 28 heavy (non-hydrogen) atoms. The van der Waals surface area contributed by atoms with E-state index >= 15 is 0 Å². The Labute approximate surface area is 169 Å². The lowest BCUT2D eigenvalue weighted by Gasteiger charge is -2.32. The molecule has 2 saturated heterocycles. The lowest BCUT2D eigenvalue weighted by atomic mass is 9.77. The summed E-state index contributed by atoms with van der Waals surface area (Å²) in [6.07, 6.45) is 5.91. The minimum Gasteiger partial charge on any atom is -0.400 e. The first kappa shape index (κ1) is 20.9. The van der Waals surface area contributed by atoms with E-state index < -0.39 is 18.3 Å². The number of benzene rings is 1. The first-order chi connectivity index (χ1) is 13.2. The van der Waals surface area contributed by atoms with E-state index in [-0.39, 0.29) is 5.91 Å². The highest BCUT2D eigenvalue weighted by Crippen LogP contribution is 2.38. The molecule has 0 spiro atoms. The third kappa shape index (κ3) is 4.79. The SMILES string of the molecule is CC(=O)NCC(=Cc1cccc(N2CCCCC2)c1)B1OC(C)(C)C(C)(C)O1. The van der Waals surface area contributed by atoms with Gasteiger partial charge in [-0.1, -0.05) is 18.2 Å². The number of rotatable bonds is 5. The third-order valence-electron chi connectivity index (χ3n) is 6.04. The van der Waals surface area contributed by atoms with E-state index in [0.29, 0.717) is 6.54 Å². The Morgan fingerprint density at radius 1 is 1.14 bits per heavy atom. The number of carbonyl (C=O) groups is 1. The molecule has 1 aromatic carbocycles. The summed E-state index contributed by atoms with van der Waals surface area (Å²) >= 11 is 0. The molecule has 5 nitrogen and oxygen atoms in total. The van der Waals surface area contributed by atoms with Gasteiger partial charge in [0.25, 0.3) is 0 Å². The van der Waals surface area contributed by atoms with Gasteiger partial charge in [-0.15, -0.1) is 0 Å². The second-order valence-electron chi connectivity index (χ2n) is 8.86. The second kappa shape index (κ2) is 8.30. The van der Waals surface area contributed by atoms with Crippen molar-refractivity contribution in [3.63, 3.8) is 0 Å². The van der Waals surface area contributed by atoms with E-state index in [9.17, 15) is 4.79 Å². The van der Waals surface area contributed by atoms with Gasteiger partial charge in [0, 0.05) is 32.2 Å². The summed E-state index contributed by atoms with van der Waals surface area (Å²) in [6.45, 7) is 12.3. The van der Waals surface area contributed by atoms with Crippen molar-refractivity contribution in [2.24, 2.45) is 0 Å². The van der Waals surface area contributed by atoms with Crippen LogP contribution in [0.5, 0.6) is 0 Å². The van der Waals surface area contributed by atoms with Gasteiger partial charge in [-0.2, -0.15) is 0 Å². The number of anilines is 1. The van der Waals surface area contributed by atoms with E-state index in [1.807, 2.05) is 27.7 Å². The predicted octanol–water partition coefficient (Wildman–Crippen LogP) is 3.83. The topological polar surface area (TPSA) is 50.8 Å². The highest BCUT2D eigenvalue weighted by atomic mass is 16.7. The zero-order chi connectivity index (χ0) is 20.4. The normalized spacial score (nSPS) is 21.7. The lowest BCUT2D eigenvalue weighted by Crippen LogP contribution is -2.41. The summed E-state index contributed by atoms with van der Waals surface area (Å²) in [7, 11) is -0.476. The van der Waals surface area contributed by atoms with Gasteiger partial charge in [0.1, 0.15) is 0 Å². The first-order valence-electron chi connectivity index (χ1n) is 10.3. The minimum atomic E-state index is -0.476. The van der Waals surface area contributed by atoms with Crippen molar-refractivity contribution in [1.82, 2.24) is 5.32 Å². The van der Waals surface area contributed by atoms with E-state index in [1.54, 1.807) is 0 Å². The molecule has 0 unspecified atom stereocenters. The zero-order valence-corrected chi connectivity index (χ0v) is 17.9. The molecule has 0 aromatic heterocycles. The second-order valence-corrected chi connectivity index (χ2v) is 8.86. The molecule has 2 fully saturated rings. The van der Waals surface area contributed by atoms with Gasteiger partial charge in [0.2, 0.25) is 5.91 Å². The average Bonchev–Trinajstić information content (AvgIpc) is 2.87.